The van der Waals surface area contributed by atoms with Crippen molar-refractivity contribution in [1.29, 1.82) is 0 Å². The monoisotopic (exact) mass is 139 g/mol. The van der Waals surface area contributed by atoms with E-state index in [4.69, 9.17) is 0 Å². The second kappa shape index (κ2) is 8.52. The zero-order chi connectivity index (χ0) is 7.66. The molecule has 0 fully saturated rings. The van der Waals surface area contributed by atoms with Gasteiger partial charge in [0.1, 0.15) is 0 Å². The molecular formula is C9H15O. The highest BCUT2D eigenvalue weighted by Gasteiger charge is 1.86. The largest absolute Gasteiger partial charge is 0.237 e. The minimum Gasteiger partial charge on any atom is -0.237 e. The highest BCUT2D eigenvalue weighted by molar-refractivity contribution is 4.94. The van der Waals surface area contributed by atoms with Crippen LogP contribution in [0.25, 0.3) is 0 Å². The molecule has 0 aliphatic rings. The topological polar surface area (TPSA) is 19.9 Å². The van der Waals surface area contributed by atoms with E-state index < -0.39 is 0 Å². The van der Waals surface area contributed by atoms with Crippen LogP contribution in [0.15, 0.2) is 0 Å². The molecule has 0 spiro atoms. The van der Waals surface area contributed by atoms with Gasteiger partial charge in [-0.15, -0.1) is 11.8 Å². The van der Waals surface area contributed by atoms with Crippen molar-refractivity contribution in [2.75, 3.05) is 6.61 Å². The van der Waals surface area contributed by atoms with E-state index in [2.05, 4.69) is 11.8 Å². The molecule has 0 aliphatic carbocycles. The molecule has 0 rings (SSSR count). The van der Waals surface area contributed by atoms with Crippen molar-refractivity contribution in [2.45, 2.75) is 39.0 Å². The van der Waals surface area contributed by atoms with Gasteiger partial charge in [-0.3, -0.25) is 0 Å². The van der Waals surface area contributed by atoms with Crippen LogP contribution >= 0.6 is 0 Å². The molecule has 0 unspecified atom stereocenters. The summed E-state index contributed by atoms with van der Waals surface area (Å²) in [7, 11) is 0. The van der Waals surface area contributed by atoms with Crippen LogP contribution in [0.2, 0.25) is 0 Å². The Morgan fingerprint density at radius 3 is 2.40 bits per heavy atom. The maximum absolute atomic E-state index is 9.99. The lowest BCUT2D eigenvalue weighted by atomic mass is 10.1. The summed E-state index contributed by atoms with van der Waals surface area (Å²) < 4.78 is 0. The third kappa shape index (κ3) is 7.52. The molecule has 0 heterocycles. The smallest absolute Gasteiger partial charge is 0.0822 e. The van der Waals surface area contributed by atoms with Crippen molar-refractivity contribution in [3.8, 4) is 11.8 Å². The Balaban J connectivity index is 2.82. The summed E-state index contributed by atoms with van der Waals surface area (Å²) >= 11 is 0. The zero-order valence-corrected chi connectivity index (χ0v) is 6.65. The Morgan fingerprint density at radius 1 is 1.10 bits per heavy atom. The highest BCUT2D eigenvalue weighted by Crippen LogP contribution is 2.00. The summed E-state index contributed by atoms with van der Waals surface area (Å²) in [5.41, 5.74) is 0. The molecule has 0 saturated carbocycles. The Labute approximate surface area is 63.5 Å². The van der Waals surface area contributed by atoms with Crippen LogP contribution in [0, 0.1) is 11.8 Å². The fourth-order valence-electron chi connectivity index (χ4n) is 0.794. The van der Waals surface area contributed by atoms with Crippen molar-refractivity contribution in [3.05, 3.63) is 0 Å². The van der Waals surface area contributed by atoms with Crippen molar-refractivity contribution in [2.24, 2.45) is 0 Å². The third-order valence-corrected chi connectivity index (χ3v) is 1.37. The highest BCUT2D eigenvalue weighted by atomic mass is 16.2. The number of hydrogen-bond donors (Lipinski definition) is 0. The van der Waals surface area contributed by atoms with E-state index in [0.717, 1.165) is 32.1 Å². The molecular weight excluding hydrogens is 124 g/mol. The predicted molar refractivity (Wildman–Crippen MR) is 42.1 cm³/mol. The van der Waals surface area contributed by atoms with Crippen LogP contribution in [-0.4, -0.2) is 6.61 Å². The molecule has 1 nitrogen and oxygen atoms in total. The van der Waals surface area contributed by atoms with E-state index >= 15 is 0 Å². The van der Waals surface area contributed by atoms with E-state index in [1.807, 2.05) is 6.92 Å². The summed E-state index contributed by atoms with van der Waals surface area (Å²) in [5.74, 6) is 5.84. The lowest BCUT2D eigenvalue weighted by Gasteiger charge is -1.92. The first kappa shape index (κ1) is 9.52. The average Bonchev–Trinajstić information content (AvgIpc) is 1.97. The van der Waals surface area contributed by atoms with Crippen LogP contribution in [-0.2, 0) is 5.11 Å². The molecule has 0 bridgehead atoms. The summed E-state index contributed by atoms with van der Waals surface area (Å²) in [6.07, 6.45) is 5.22. The molecule has 1 radical (unpaired) electrons. The normalized spacial score (nSPS) is 8.60. The molecule has 57 valence electrons. The molecule has 0 aromatic rings. The molecule has 0 saturated heterocycles. The van der Waals surface area contributed by atoms with Gasteiger partial charge in [0.2, 0.25) is 0 Å². The number of rotatable bonds is 5. The fourth-order valence-corrected chi connectivity index (χ4v) is 0.794. The van der Waals surface area contributed by atoms with Gasteiger partial charge in [0, 0.05) is 6.42 Å². The van der Waals surface area contributed by atoms with Gasteiger partial charge >= 0.3 is 0 Å². The summed E-state index contributed by atoms with van der Waals surface area (Å²) in [6.45, 7) is 1.94. The van der Waals surface area contributed by atoms with Crippen LogP contribution in [0.1, 0.15) is 39.0 Å². The van der Waals surface area contributed by atoms with Crippen molar-refractivity contribution >= 4 is 0 Å². The molecule has 10 heavy (non-hydrogen) atoms. The van der Waals surface area contributed by atoms with Crippen LogP contribution in [0.5, 0.6) is 0 Å². The van der Waals surface area contributed by atoms with Crippen LogP contribution in [0.4, 0.5) is 0 Å². The maximum Gasteiger partial charge on any atom is 0.0822 e. The first-order chi connectivity index (χ1) is 4.91. The van der Waals surface area contributed by atoms with Gasteiger partial charge in [0.05, 0.1) is 6.61 Å². The van der Waals surface area contributed by atoms with E-state index in [9.17, 15) is 5.11 Å². The second-order valence-corrected chi connectivity index (χ2v) is 2.30. The molecule has 0 N–H and O–H groups in total. The van der Waals surface area contributed by atoms with Crippen molar-refractivity contribution in [1.82, 2.24) is 0 Å². The van der Waals surface area contributed by atoms with E-state index in [1.54, 1.807) is 0 Å². The summed E-state index contributed by atoms with van der Waals surface area (Å²) in [6, 6.07) is 0. The molecule has 0 amide bonds. The first-order valence-corrected chi connectivity index (χ1v) is 3.89. The van der Waals surface area contributed by atoms with Crippen LogP contribution in [0.3, 0.4) is 0 Å². The molecule has 0 aromatic carbocycles. The Hall–Kier alpha value is -0.480. The second-order valence-electron chi connectivity index (χ2n) is 2.30. The zero-order valence-electron chi connectivity index (χ0n) is 6.65. The van der Waals surface area contributed by atoms with Gasteiger partial charge in [-0.1, -0.05) is 12.8 Å². The lowest BCUT2D eigenvalue weighted by Crippen LogP contribution is -1.80. The molecule has 0 aromatic heterocycles. The molecule has 1 heteroatoms. The van der Waals surface area contributed by atoms with Crippen molar-refractivity contribution in [3.63, 3.8) is 0 Å². The minimum absolute atomic E-state index is 0.0828. The lowest BCUT2D eigenvalue weighted by molar-refractivity contribution is 0.186. The Kier molecular flexibility index (Phi) is 8.11. The predicted octanol–water partition coefficient (Wildman–Crippen LogP) is 2.39. The molecule has 0 aliphatic heterocycles. The van der Waals surface area contributed by atoms with Gasteiger partial charge in [-0.2, -0.15) is 0 Å². The standard InChI is InChI=1S/C9H15O/c1-2-3-4-5-6-7-8-9-10/h4-9H2,1H3. The van der Waals surface area contributed by atoms with Gasteiger partial charge in [-0.25, -0.2) is 5.11 Å². The van der Waals surface area contributed by atoms with Crippen molar-refractivity contribution < 1.29 is 5.11 Å². The third-order valence-electron chi connectivity index (χ3n) is 1.37. The number of unbranched alkanes of at least 4 members (excludes halogenated alkanes) is 4. The van der Waals surface area contributed by atoms with Gasteiger partial charge in [0.15, 0.2) is 0 Å². The van der Waals surface area contributed by atoms with Gasteiger partial charge < -0.3 is 0 Å². The Bertz CT molecular complexity index is 108. The summed E-state index contributed by atoms with van der Waals surface area (Å²) in [5, 5.41) is 9.99. The quantitative estimate of drug-likeness (QED) is 0.411. The van der Waals surface area contributed by atoms with E-state index in [1.165, 1.54) is 0 Å². The molecule has 0 atom stereocenters. The summed E-state index contributed by atoms with van der Waals surface area (Å²) in [4.78, 5) is 0. The first-order valence-electron chi connectivity index (χ1n) is 3.89. The average molecular weight is 139 g/mol. The number of hydrogen-bond acceptors (Lipinski definition) is 0. The SMILES string of the molecule is CC#CCCCCCC[O]. The maximum atomic E-state index is 9.99. The van der Waals surface area contributed by atoms with Crippen LogP contribution < -0.4 is 0 Å². The fraction of sp³-hybridized carbons (Fsp3) is 0.778. The van der Waals surface area contributed by atoms with E-state index in [0.29, 0.717) is 0 Å². The van der Waals surface area contributed by atoms with Gasteiger partial charge in [-0.05, 0) is 19.8 Å². The minimum atomic E-state index is 0.0828. The Morgan fingerprint density at radius 2 is 1.80 bits per heavy atom. The van der Waals surface area contributed by atoms with E-state index in [-0.39, 0.29) is 6.61 Å². The van der Waals surface area contributed by atoms with Gasteiger partial charge in [0.25, 0.3) is 0 Å².